The molecule has 1 aromatic carbocycles. The second kappa shape index (κ2) is 5.64. The molecule has 1 aromatic heterocycles. The van der Waals surface area contributed by atoms with Crippen LogP contribution in [0.25, 0.3) is 0 Å². The molecule has 0 spiro atoms. The van der Waals surface area contributed by atoms with E-state index in [4.69, 9.17) is 0 Å². The third-order valence-electron chi connectivity index (χ3n) is 3.06. The molecule has 0 aliphatic heterocycles. The number of nitrogens with zero attached hydrogens (tertiary/aromatic N) is 2. The van der Waals surface area contributed by atoms with Crippen molar-refractivity contribution in [2.45, 2.75) is 17.9 Å². The Morgan fingerprint density at radius 1 is 1.25 bits per heavy atom. The first-order valence-corrected chi connectivity index (χ1v) is 7.69. The lowest BCUT2D eigenvalue weighted by Gasteiger charge is -2.15. The molecule has 1 atom stereocenters. The Morgan fingerprint density at radius 3 is 2.40 bits per heavy atom. The van der Waals surface area contributed by atoms with Gasteiger partial charge < -0.3 is 9.88 Å². The summed E-state index contributed by atoms with van der Waals surface area (Å²) in [5.41, 5.74) is 0.843. The molecular formula is C13H18N4O2S. The largest absolute Gasteiger partial charge is 0.375 e. The first-order valence-electron chi connectivity index (χ1n) is 6.21. The van der Waals surface area contributed by atoms with Crippen molar-refractivity contribution in [1.82, 2.24) is 14.3 Å². The van der Waals surface area contributed by atoms with Crippen LogP contribution >= 0.6 is 0 Å². The van der Waals surface area contributed by atoms with Gasteiger partial charge in [0.25, 0.3) is 0 Å². The van der Waals surface area contributed by atoms with E-state index in [1.807, 2.05) is 24.7 Å². The smallest absolute Gasteiger partial charge is 0.240 e. The summed E-state index contributed by atoms with van der Waals surface area (Å²) in [6.07, 6.45) is 3.63. The topological polar surface area (TPSA) is 76.0 Å². The van der Waals surface area contributed by atoms with E-state index in [-0.39, 0.29) is 10.9 Å². The summed E-state index contributed by atoms with van der Waals surface area (Å²) < 4.78 is 27.5. The van der Waals surface area contributed by atoms with Crippen molar-refractivity contribution in [1.29, 1.82) is 0 Å². The summed E-state index contributed by atoms with van der Waals surface area (Å²) in [7, 11) is -0.0605. The van der Waals surface area contributed by atoms with Crippen LogP contribution in [0.2, 0.25) is 0 Å². The van der Waals surface area contributed by atoms with Gasteiger partial charge in [0.05, 0.1) is 10.9 Å². The van der Waals surface area contributed by atoms with Gasteiger partial charge in [-0.25, -0.2) is 18.1 Å². The van der Waals surface area contributed by atoms with Gasteiger partial charge >= 0.3 is 0 Å². The maximum Gasteiger partial charge on any atom is 0.240 e. The minimum Gasteiger partial charge on any atom is -0.375 e. The summed E-state index contributed by atoms with van der Waals surface area (Å²) in [5.74, 6) is 0.914. The van der Waals surface area contributed by atoms with E-state index in [2.05, 4.69) is 15.0 Å². The van der Waals surface area contributed by atoms with Gasteiger partial charge in [0.2, 0.25) is 10.0 Å². The molecule has 0 amide bonds. The van der Waals surface area contributed by atoms with Gasteiger partial charge in [0, 0.05) is 25.1 Å². The van der Waals surface area contributed by atoms with Crippen LogP contribution in [0.4, 0.5) is 5.69 Å². The second-order valence-corrected chi connectivity index (χ2v) is 6.38. The number of aromatic nitrogens is 2. The summed E-state index contributed by atoms with van der Waals surface area (Å²) in [5, 5.41) is 3.28. The predicted octanol–water partition coefficient (Wildman–Crippen LogP) is 1.50. The molecule has 0 radical (unpaired) electrons. The van der Waals surface area contributed by atoms with Crippen molar-refractivity contribution in [2.75, 3.05) is 12.4 Å². The van der Waals surface area contributed by atoms with Gasteiger partial charge in [-0.2, -0.15) is 0 Å². The van der Waals surface area contributed by atoms with Crippen LogP contribution in [-0.4, -0.2) is 25.0 Å². The average molecular weight is 294 g/mol. The van der Waals surface area contributed by atoms with Crippen molar-refractivity contribution >= 4 is 15.7 Å². The number of hydrogen-bond donors (Lipinski definition) is 2. The first kappa shape index (κ1) is 14.5. The molecular weight excluding hydrogens is 276 g/mol. The molecule has 0 aliphatic carbocycles. The molecule has 2 N–H and O–H groups in total. The molecule has 108 valence electrons. The zero-order valence-electron chi connectivity index (χ0n) is 11.7. The fourth-order valence-electron chi connectivity index (χ4n) is 1.96. The predicted molar refractivity (Wildman–Crippen MR) is 77.9 cm³/mol. The van der Waals surface area contributed by atoms with Crippen LogP contribution in [0.15, 0.2) is 41.6 Å². The molecule has 0 saturated carbocycles. The van der Waals surface area contributed by atoms with Crippen LogP contribution in [0.5, 0.6) is 0 Å². The Kier molecular flexibility index (Phi) is 4.10. The highest BCUT2D eigenvalue weighted by Gasteiger charge is 2.12. The van der Waals surface area contributed by atoms with Gasteiger partial charge in [0.15, 0.2) is 0 Å². The lowest BCUT2D eigenvalue weighted by Crippen LogP contribution is -2.18. The van der Waals surface area contributed by atoms with Crippen LogP contribution < -0.4 is 10.0 Å². The minimum absolute atomic E-state index is 0.0294. The molecule has 6 nitrogen and oxygen atoms in total. The number of rotatable bonds is 5. The minimum atomic E-state index is -3.39. The molecule has 0 aliphatic rings. The van der Waals surface area contributed by atoms with E-state index in [0.29, 0.717) is 0 Å². The zero-order chi connectivity index (χ0) is 14.8. The van der Waals surface area contributed by atoms with Crippen molar-refractivity contribution in [3.63, 3.8) is 0 Å². The highest BCUT2D eigenvalue weighted by atomic mass is 32.2. The van der Waals surface area contributed by atoms with Gasteiger partial charge in [-0.1, -0.05) is 0 Å². The molecule has 0 saturated heterocycles. The van der Waals surface area contributed by atoms with Crippen LogP contribution in [0.3, 0.4) is 0 Å². The number of aryl methyl sites for hydroxylation is 1. The monoisotopic (exact) mass is 294 g/mol. The average Bonchev–Trinajstić information content (AvgIpc) is 2.85. The molecule has 1 unspecified atom stereocenters. The van der Waals surface area contributed by atoms with Crippen LogP contribution in [0.1, 0.15) is 18.8 Å². The summed E-state index contributed by atoms with van der Waals surface area (Å²) in [6.45, 7) is 2.00. The lowest BCUT2D eigenvalue weighted by molar-refractivity contribution is 0.588. The third kappa shape index (κ3) is 3.00. The third-order valence-corrected chi connectivity index (χ3v) is 4.49. The van der Waals surface area contributed by atoms with Gasteiger partial charge in [0.1, 0.15) is 5.82 Å². The van der Waals surface area contributed by atoms with E-state index in [1.54, 1.807) is 30.5 Å². The Bertz CT molecular complexity index is 677. The van der Waals surface area contributed by atoms with E-state index in [9.17, 15) is 8.42 Å². The maximum atomic E-state index is 11.6. The Morgan fingerprint density at radius 2 is 1.90 bits per heavy atom. The lowest BCUT2D eigenvalue weighted by atomic mass is 10.2. The molecule has 7 heteroatoms. The number of hydrogen-bond acceptors (Lipinski definition) is 4. The highest BCUT2D eigenvalue weighted by Crippen LogP contribution is 2.19. The van der Waals surface area contributed by atoms with Crippen molar-refractivity contribution in [2.24, 2.45) is 7.05 Å². The molecule has 2 rings (SSSR count). The molecule has 2 aromatic rings. The van der Waals surface area contributed by atoms with Crippen molar-refractivity contribution in [3.8, 4) is 0 Å². The zero-order valence-corrected chi connectivity index (χ0v) is 12.5. The van der Waals surface area contributed by atoms with E-state index >= 15 is 0 Å². The van der Waals surface area contributed by atoms with E-state index < -0.39 is 10.0 Å². The fraction of sp³-hybridized carbons (Fsp3) is 0.308. The SMILES string of the molecule is CNS(=O)(=O)c1ccc(NC(C)c2nccn2C)cc1. The quantitative estimate of drug-likeness (QED) is 0.876. The molecule has 1 heterocycles. The first-order chi connectivity index (χ1) is 9.44. The fourth-order valence-corrected chi connectivity index (χ4v) is 2.69. The van der Waals surface area contributed by atoms with E-state index in [0.717, 1.165) is 11.5 Å². The van der Waals surface area contributed by atoms with Crippen molar-refractivity contribution in [3.05, 3.63) is 42.5 Å². The normalized spacial score (nSPS) is 13.2. The van der Waals surface area contributed by atoms with Gasteiger partial charge in [-0.15, -0.1) is 0 Å². The Labute approximate surface area is 118 Å². The number of imidazole rings is 1. The summed E-state index contributed by atoms with van der Waals surface area (Å²) >= 11 is 0. The molecule has 0 fully saturated rings. The Balaban J connectivity index is 2.14. The van der Waals surface area contributed by atoms with Crippen LogP contribution in [-0.2, 0) is 17.1 Å². The van der Waals surface area contributed by atoms with Gasteiger partial charge in [-0.3, -0.25) is 0 Å². The molecule has 0 bridgehead atoms. The molecule has 20 heavy (non-hydrogen) atoms. The van der Waals surface area contributed by atoms with Crippen LogP contribution in [0, 0.1) is 0 Å². The van der Waals surface area contributed by atoms with Gasteiger partial charge in [-0.05, 0) is 38.2 Å². The van der Waals surface area contributed by atoms with Crippen molar-refractivity contribution < 1.29 is 8.42 Å². The number of sulfonamides is 1. The number of nitrogens with one attached hydrogen (secondary N) is 2. The standard InChI is InChI=1S/C13H18N4O2S/c1-10(13-15-8-9-17(13)3)16-11-4-6-12(7-5-11)20(18,19)14-2/h4-10,14,16H,1-3H3. The number of benzene rings is 1. The summed E-state index contributed by atoms with van der Waals surface area (Å²) in [6, 6.07) is 6.65. The maximum absolute atomic E-state index is 11.6. The number of anilines is 1. The highest BCUT2D eigenvalue weighted by molar-refractivity contribution is 7.89. The Hall–Kier alpha value is -1.86. The second-order valence-electron chi connectivity index (χ2n) is 4.49. The summed E-state index contributed by atoms with van der Waals surface area (Å²) in [4.78, 5) is 4.52. The van der Waals surface area contributed by atoms with E-state index in [1.165, 1.54) is 7.05 Å².